The fraction of sp³-hybridized carbons (Fsp3) is 0.667. The summed E-state index contributed by atoms with van der Waals surface area (Å²) in [7, 11) is 1.75. The van der Waals surface area contributed by atoms with Gasteiger partial charge < -0.3 is 30.6 Å². The molecule has 1 fully saturated rings. The molecule has 6 atom stereocenters. The van der Waals surface area contributed by atoms with Crippen LogP contribution in [0.15, 0.2) is 30.3 Å². The van der Waals surface area contributed by atoms with E-state index in [9.17, 15) is 24.6 Å². The monoisotopic (exact) mass is 664 g/mol. The van der Waals surface area contributed by atoms with Crippen molar-refractivity contribution in [1.82, 2.24) is 20.4 Å². The van der Waals surface area contributed by atoms with Gasteiger partial charge in [0.15, 0.2) is 0 Å². The number of hydrogen-bond donors (Lipinski definition) is 4. The molecule has 1 aromatic carbocycles. The SMILES string of the molecule is C#CCCC[C@H](O)[C@H](O)[C@H](CC1CCCCC1)NC(=O)[C@@H](NC(=O)[C@@H](CC(=O)N(C)CCN(CC)CC)Cc1ccccc1)C(C)C#C. The molecule has 266 valence electrons. The van der Waals surface area contributed by atoms with E-state index in [4.69, 9.17) is 12.8 Å². The number of aliphatic hydroxyl groups excluding tert-OH is 2. The number of nitrogens with zero attached hydrogens (tertiary/aromatic N) is 2. The topological polar surface area (TPSA) is 122 Å². The number of terminal acetylenes is 2. The van der Waals surface area contributed by atoms with Crippen molar-refractivity contribution >= 4 is 17.7 Å². The number of likely N-dealkylation sites (N-methyl/N-ethyl adjacent to an activating group) is 2. The van der Waals surface area contributed by atoms with E-state index >= 15 is 0 Å². The Labute approximate surface area is 289 Å². The molecule has 9 heteroatoms. The highest BCUT2D eigenvalue weighted by Gasteiger charge is 2.35. The molecule has 2 rings (SSSR count). The van der Waals surface area contributed by atoms with Crippen LogP contribution in [0.25, 0.3) is 0 Å². The first-order valence-electron chi connectivity index (χ1n) is 17.9. The van der Waals surface area contributed by atoms with Gasteiger partial charge in [0, 0.05) is 38.9 Å². The summed E-state index contributed by atoms with van der Waals surface area (Å²) in [5, 5.41) is 27.9. The number of aliphatic hydroxyl groups is 2. The van der Waals surface area contributed by atoms with Gasteiger partial charge in [0.1, 0.15) is 6.04 Å². The second kappa shape index (κ2) is 22.3. The summed E-state index contributed by atoms with van der Waals surface area (Å²) in [6.07, 6.45) is 16.4. The van der Waals surface area contributed by atoms with Gasteiger partial charge in [-0.2, -0.15) is 0 Å². The molecule has 1 aliphatic rings. The van der Waals surface area contributed by atoms with Crippen molar-refractivity contribution < 1.29 is 24.6 Å². The van der Waals surface area contributed by atoms with Crippen LogP contribution < -0.4 is 10.6 Å². The van der Waals surface area contributed by atoms with Crippen molar-refractivity contribution in [3.63, 3.8) is 0 Å². The minimum atomic E-state index is -1.21. The van der Waals surface area contributed by atoms with Gasteiger partial charge in [-0.3, -0.25) is 14.4 Å². The van der Waals surface area contributed by atoms with Crippen molar-refractivity contribution in [3.05, 3.63) is 35.9 Å². The Morgan fingerprint density at radius 2 is 1.65 bits per heavy atom. The van der Waals surface area contributed by atoms with E-state index < -0.39 is 47.9 Å². The predicted molar refractivity (Wildman–Crippen MR) is 191 cm³/mol. The first-order valence-corrected chi connectivity index (χ1v) is 17.9. The Hall–Kier alpha value is -3.37. The summed E-state index contributed by atoms with van der Waals surface area (Å²) in [5.41, 5.74) is 0.900. The van der Waals surface area contributed by atoms with Gasteiger partial charge >= 0.3 is 0 Å². The summed E-state index contributed by atoms with van der Waals surface area (Å²) in [6, 6.07) is 7.66. The van der Waals surface area contributed by atoms with Crippen LogP contribution in [-0.4, -0.2) is 95.3 Å². The molecule has 0 radical (unpaired) electrons. The third-order valence-electron chi connectivity index (χ3n) is 9.80. The van der Waals surface area contributed by atoms with E-state index in [1.54, 1.807) is 18.9 Å². The van der Waals surface area contributed by atoms with Crippen molar-refractivity contribution in [2.45, 2.75) is 116 Å². The Morgan fingerprint density at radius 3 is 2.25 bits per heavy atom. The maximum Gasteiger partial charge on any atom is 0.244 e. The van der Waals surface area contributed by atoms with Crippen LogP contribution in [0.5, 0.6) is 0 Å². The van der Waals surface area contributed by atoms with Gasteiger partial charge in [0.2, 0.25) is 17.7 Å². The van der Waals surface area contributed by atoms with E-state index in [1.165, 1.54) is 0 Å². The zero-order valence-corrected chi connectivity index (χ0v) is 29.7. The van der Waals surface area contributed by atoms with Gasteiger partial charge in [0.05, 0.1) is 24.2 Å². The number of hydrogen-bond acceptors (Lipinski definition) is 6. The highest BCUT2D eigenvalue weighted by atomic mass is 16.3. The fourth-order valence-corrected chi connectivity index (χ4v) is 6.45. The average Bonchev–Trinajstić information content (AvgIpc) is 3.10. The summed E-state index contributed by atoms with van der Waals surface area (Å²) >= 11 is 0. The molecule has 1 aromatic rings. The zero-order valence-electron chi connectivity index (χ0n) is 29.7. The maximum atomic E-state index is 13.9. The molecule has 0 saturated heterocycles. The zero-order chi connectivity index (χ0) is 35.5. The quantitative estimate of drug-likeness (QED) is 0.117. The average molecular weight is 665 g/mol. The molecule has 1 unspecified atom stereocenters. The van der Waals surface area contributed by atoms with Crippen molar-refractivity contribution in [2.75, 3.05) is 33.2 Å². The second-order valence-corrected chi connectivity index (χ2v) is 13.4. The molecule has 0 heterocycles. The summed E-state index contributed by atoms with van der Waals surface area (Å²) in [5.74, 6) is 2.92. The number of carbonyl (C=O) groups excluding carboxylic acids is 3. The molecule has 4 N–H and O–H groups in total. The first kappa shape index (κ1) is 40.8. The van der Waals surface area contributed by atoms with E-state index in [1.807, 2.05) is 30.3 Å². The van der Waals surface area contributed by atoms with Crippen LogP contribution in [0.1, 0.15) is 90.5 Å². The Balaban J connectivity index is 2.26. The summed E-state index contributed by atoms with van der Waals surface area (Å²) in [6.45, 7) is 8.90. The Kier molecular flexibility index (Phi) is 19.0. The van der Waals surface area contributed by atoms with Crippen molar-refractivity contribution in [1.29, 1.82) is 0 Å². The lowest BCUT2D eigenvalue weighted by Gasteiger charge is -2.34. The van der Waals surface area contributed by atoms with Crippen LogP contribution >= 0.6 is 0 Å². The lowest BCUT2D eigenvalue weighted by Crippen LogP contribution is -2.57. The Bertz CT molecular complexity index is 1180. The Morgan fingerprint density at radius 1 is 0.979 bits per heavy atom. The summed E-state index contributed by atoms with van der Waals surface area (Å²) in [4.78, 5) is 45.1. The maximum absolute atomic E-state index is 13.9. The number of nitrogens with one attached hydrogen (secondary N) is 2. The summed E-state index contributed by atoms with van der Waals surface area (Å²) < 4.78 is 0. The fourth-order valence-electron chi connectivity index (χ4n) is 6.45. The van der Waals surface area contributed by atoms with E-state index in [-0.39, 0.29) is 12.3 Å². The molecule has 9 nitrogen and oxygen atoms in total. The van der Waals surface area contributed by atoms with E-state index in [2.05, 4.69) is 41.2 Å². The third-order valence-corrected chi connectivity index (χ3v) is 9.80. The predicted octanol–water partition coefficient (Wildman–Crippen LogP) is 3.77. The van der Waals surface area contributed by atoms with Crippen LogP contribution in [0.4, 0.5) is 0 Å². The second-order valence-electron chi connectivity index (χ2n) is 13.4. The van der Waals surface area contributed by atoms with Gasteiger partial charge in [-0.05, 0) is 57.2 Å². The van der Waals surface area contributed by atoms with E-state index in [0.29, 0.717) is 44.6 Å². The number of rotatable bonds is 21. The minimum Gasteiger partial charge on any atom is -0.390 e. The van der Waals surface area contributed by atoms with Gasteiger partial charge in [-0.15, -0.1) is 24.7 Å². The standard InChI is InChI=1S/C39H60N4O5/c1-7-11-14-23-34(44)37(46)33(27-31-21-17-13-18-22-31)40-39(48)36(29(5)8-2)41-38(47)32(26-30-19-15-12-16-20-30)28-35(45)42(6)24-25-43(9-3)10-4/h1-2,12,15-16,19-20,29,31-34,36-37,44,46H,9-11,13-14,17-18,21-28H2,3-6H3,(H,40,48)(H,41,47)/t29?,32-,33+,34+,36+,37-/m1/s1. The van der Waals surface area contributed by atoms with Crippen LogP contribution in [0.2, 0.25) is 0 Å². The smallest absolute Gasteiger partial charge is 0.244 e. The highest BCUT2D eigenvalue weighted by molar-refractivity contribution is 5.91. The molecule has 0 aliphatic heterocycles. The van der Waals surface area contributed by atoms with Crippen LogP contribution in [0, 0.1) is 42.4 Å². The van der Waals surface area contributed by atoms with Gasteiger partial charge in [-0.1, -0.05) is 76.3 Å². The van der Waals surface area contributed by atoms with Crippen molar-refractivity contribution in [2.24, 2.45) is 17.8 Å². The molecule has 1 saturated carbocycles. The molecule has 3 amide bonds. The molecule has 48 heavy (non-hydrogen) atoms. The van der Waals surface area contributed by atoms with Gasteiger partial charge in [-0.25, -0.2) is 0 Å². The normalized spacial score (nSPS) is 17.2. The molecule has 0 bridgehead atoms. The lowest BCUT2D eigenvalue weighted by atomic mass is 9.82. The molecular formula is C39H60N4O5. The van der Waals surface area contributed by atoms with Crippen molar-refractivity contribution in [3.8, 4) is 24.7 Å². The third kappa shape index (κ3) is 14.0. The first-order chi connectivity index (χ1) is 23.0. The number of benzene rings is 1. The molecule has 1 aliphatic carbocycles. The largest absolute Gasteiger partial charge is 0.390 e. The number of carbonyl (C=O) groups is 3. The van der Waals surface area contributed by atoms with Crippen LogP contribution in [-0.2, 0) is 20.8 Å². The minimum absolute atomic E-state index is 0.0267. The number of amides is 3. The molecular weight excluding hydrogens is 604 g/mol. The lowest BCUT2D eigenvalue weighted by molar-refractivity contribution is -0.137. The van der Waals surface area contributed by atoms with E-state index in [0.717, 1.165) is 57.3 Å². The molecule has 0 aromatic heterocycles. The number of unbranched alkanes of at least 4 members (excludes halogenated alkanes) is 1. The van der Waals surface area contributed by atoms with Crippen LogP contribution in [0.3, 0.4) is 0 Å². The van der Waals surface area contributed by atoms with Gasteiger partial charge in [0.25, 0.3) is 0 Å². The molecule has 0 spiro atoms. The highest BCUT2D eigenvalue weighted by Crippen LogP contribution is 2.29.